The lowest BCUT2D eigenvalue weighted by Crippen LogP contribution is -2.68. The Morgan fingerprint density at radius 2 is 1.45 bits per heavy atom. The fraction of sp³-hybridized carbons (Fsp3) is 0.968. The third-order valence-electron chi connectivity index (χ3n) is 13.8. The van der Waals surface area contributed by atoms with Crippen LogP contribution in [0.4, 0.5) is 0 Å². The van der Waals surface area contributed by atoms with Crippen molar-refractivity contribution in [3.05, 3.63) is 0 Å². The van der Waals surface area contributed by atoms with Crippen molar-refractivity contribution in [2.75, 3.05) is 0 Å². The van der Waals surface area contributed by atoms with E-state index in [0.717, 1.165) is 25.2 Å². The summed E-state index contributed by atoms with van der Waals surface area (Å²) in [6.07, 6.45) is 13.2. The molecular formula is C31H52O2. The molecule has 0 amide bonds. The van der Waals surface area contributed by atoms with E-state index in [9.17, 15) is 9.90 Å². The molecule has 0 aromatic carbocycles. The molecule has 0 saturated heterocycles. The lowest BCUT2D eigenvalue weighted by atomic mass is 9.30. The first kappa shape index (κ1) is 24.3. The highest BCUT2D eigenvalue weighted by Gasteiger charge is 2.71. The molecule has 0 aromatic heterocycles. The van der Waals surface area contributed by atoms with E-state index in [4.69, 9.17) is 0 Å². The minimum absolute atomic E-state index is 0.0158. The minimum Gasteiger partial charge on any atom is -0.393 e. The molecule has 33 heavy (non-hydrogen) atoms. The van der Waals surface area contributed by atoms with Gasteiger partial charge in [0.05, 0.1) is 6.10 Å². The highest BCUT2D eigenvalue weighted by molar-refractivity contribution is 5.61. The number of aliphatic hydroxyl groups is 1. The Bertz CT molecular complexity index is 814. The van der Waals surface area contributed by atoms with Gasteiger partial charge < -0.3 is 9.90 Å². The highest BCUT2D eigenvalue weighted by atomic mass is 16.3. The molecule has 1 N–H and O–H groups in total. The normalized spacial score (nSPS) is 57.1. The smallest absolute Gasteiger partial charge is 0.126 e. The summed E-state index contributed by atoms with van der Waals surface area (Å²) in [5.74, 6) is 3.25. The molecule has 5 fully saturated rings. The molecule has 0 bridgehead atoms. The Hall–Kier alpha value is -0.370. The van der Waals surface area contributed by atoms with E-state index < -0.39 is 0 Å². The Balaban J connectivity index is 1.58. The minimum atomic E-state index is -0.156. The van der Waals surface area contributed by atoms with Gasteiger partial charge in [-0.1, -0.05) is 55.4 Å². The van der Waals surface area contributed by atoms with Crippen molar-refractivity contribution in [3.63, 3.8) is 0 Å². The molecule has 0 heterocycles. The highest BCUT2D eigenvalue weighted by Crippen LogP contribution is 2.77. The van der Waals surface area contributed by atoms with E-state index in [1.165, 1.54) is 51.2 Å². The fourth-order valence-corrected chi connectivity index (χ4v) is 11.7. The van der Waals surface area contributed by atoms with Gasteiger partial charge in [0.15, 0.2) is 0 Å². The van der Waals surface area contributed by atoms with Gasteiger partial charge in [-0.25, -0.2) is 0 Å². The monoisotopic (exact) mass is 456 g/mol. The van der Waals surface area contributed by atoms with Crippen LogP contribution in [0.5, 0.6) is 0 Å². The molecule has 10 atom stereocenters. The van der Waals surface area contributed by atoms with Crippen LogP contribution in [0.1, 0.15) is 120 Å². The van der Waals surface area contributed by atoms with Crippen LogP contribution in [0.3, 0.4) is 0 Å². The average molecular weight is 457 g/mol. The molecule has 5 aliphatic rings. The maximum atomic E-state index is 12.7. The zero-order valence-electron chi connectivity index (χ0n) is 23.0. The van der Waals surface area contributed by atoms with E-state index >= 15 is 0 Å². The first-order valence-electron chi connectivity index (χ1n) is 14.3. The van der Waals surface area contributed by atoms with E-state index in [1.807, 2.05) is 0 Å². The second-order valence-corrected chi connectivity index (χ2v) is 15.9. The van der Waals surface area contributed by atoms with Crippen LogP contribution in [0.2, 0.25) is 0 Å². The topological polar surface area (TPSA) is 37.3 Å². The predicted octanol–water partition coefficient (Wildman–Crippen LogP) is 7.67. The summed E-state index contributed by atoms with van der Waals surface area (Å²) in [6.45, 7) is 20.1. The van der Waals surface area contributed by atoms with Crippen molar-refractivity contribution in [1.29, 1.82) is 0 Å². The fourth-order valence-electron chi connectivity index (χ4n) is 11.7. The molecule has 0 spiro atoms. The van der Waals surface area contributed by atoms with Crippen LogP contribution in [0, 0.1) is 62.1 Å². The van der Waals surface area contributed by atoms with Crippen molar-refractivity contribution in [2.45, 2.75) is 126 Å². The zero-order chi connectivity index (χ0) is 24.2. The van der Waals surface area contributed by atoms with Gasteiger partial charge in [0.25, 0.3) is 0 Å². The Morgan fingerprint density at radius 3 is 2.12 bits per heavy atom. The Morgan fingerprint density at radius 1 is 0.788 bits per heavy atom. The molecule has 0 radical (unpaired) electrons. The first-order valence-corrected chi connectivity index (χ1v) is 14.3. The largest absolute Gasteiger partial charge is 0.393 e. The summed E-state index contributed by atoms with van der Waals surface area (Å²) >= 11 is 0. The molecule has 2 heteroatoms. The summed E-state index contributed by atoms with van der Waals surface area (Å²) in [5.41, 5.74) is 1.29. The van der Waals surface area contributed by atoms with E-state index in [2.05, 4.69) is 55.4 Å². The van der Waals surface area contributed by atoms with Crippen LogP contribution < -0.4 is 0 Å². The van der Waals surface area contributed by atoms with Gasteiger partial charge in [-0.05, 0) is 121 Å². The van der Waals surface area contributed by atoms with Crippen molar-refractivity contribution in [2.24, 2.45) is 62.1 Å². The summed E-state index contributed by atoms with van der Waals surface area (Å²) in [7, 11) is 0. The van der Waals surface area contributed by atoms with Crippen LogP contribution >= 0.6 is 0 Å². The second kappa shape index (κ2) is 7.10. The van der Waals surface area contributed by atoms with Crippen molar-refractivity contribution < 1.29 is 9.90 Å². The molecule has 5 saturated carbocycles. The standard InChI is InChI=1S/C31H52O2/c1-20-17-23-28(6)11-10-24(33)27(4,5)22(28)9-12-29(23,7)30(8)14-16-31(19-32)15-13-26(2,3)18-21(31)25(20)30/h19-25,33H,9-18H2,1-8H3/t20-,21+,22+,23-,24+,25-,28+,29-,30-,31-/m1/s1. The Labute approximate surface area is 204 Å². The van der Waals surface area contributed by atoms with E-state index in [-0.39, 0.29) is 16.9 Å². The summed E-state index contributed by atoms with van der Waals surface area (Å²) in [6, 6.07) is 0. The van der Waals surface area contributed by atoms with Gasteiger partial charge in [0, 0.05) is 5.41 Å². The number of rotatable bonds is 1. The van der Waals surface area contributed by atoms with Gasteiger partial charge in [0.2, 0.25) is 0 Å². The van der Waals surface area contributed by atoms with Crippen LogP contribution in [0.25, 0.3) is 0 Å². The number of carbonyl (C=O) groups is 1. The molecule has 5 rings (SSSR count). The third-order valence-corrected chi connectivity index (χ3v) is 13.8. The Kier molecular flexibility index (Phi) is 5.24. The summed E-state index contributed by atoms with van der Waals surface area (Å²) < 4.78 is 0. The van der Waals surface area contributed by atoms with Gasteiger partial charge in [0.1, 0.15) is 6.29 Å². The first-order chi connectivity index (χ1) is 15.2. The summed E-state index contributed by atoms with van der Waals surface area (Å²) in [5, 5.41) is 10.9. The molecule has 0 aromatic rings. The molecule has 0 aliphatic heterocycles. The van der Waals surface area contributed by atoms with E-state index in [1.54, 1.807) is 0 Å². The lowest BCUT2D eigenvalue weighted by molar-refractivity contribution is -0.264. The predicted molar refractivity (Wildman–Crippen MR) is 136 cm³/mol. The number of carbonyl (C=O) groups excluding carboxylic acids is 1. The number of hydrogen-bond acceptors (Lipinski definition) is 2. The van der Waals surface area contributed by atoms with Crippen molar-refractivity contribution in [1.82, 2.24) is 0 Å². The average Bonchev–Trinajstić information content (AvgIpc) is 2.72. The SMILES string of the molecule is C[C@@H]1C[C@@H]2[C@@]3(C)CC[C@H](O)C(C)(C)[C@@H]3CC[C@@]2(C)[C@]2(C)CC[C@@]3(C=O)CCC(C)(C)C[C@H]3[C@@H]12. The lowest BCUT2D eigenvalue weighted by Gasteiger charge is -2.74. The zero-order valence-corrected chi connectivity index (χ0v) is 23.0. The van der Waals surface area contributed by atoms with Crippen LogP contribution in [-0.2, 0) is 4.79 Å². The van der Waals surface area contributed by atoms with Gasteiger partial charge in [-0.2, -0.15) is 0 Å². The second-order valence-electron chi connectivity index (χ2n) is 15.9. The van der Waals surface area contributed by atoms with Crippen LogP contribution in [-0.4, -0.2) is 17.5 Å². The molecular weight excluding hydrogens is 404 g/mol. The molecule has 188 valence electrons. The van der Waals surface area contributed by atoms with Gasteiger partial charge >= 0.3 is 0 Å². The maximum absolute atomic E-state index is 12.7. The number of aldehydes is 1. The number of aliphatic hydroxyl groups excluding tert-OH is 1. The van der Waals surface area contributed by atoms with Crippen molar-refractivity contribution in [3.8, 4) is 0 Å². The van der Waals surface area contributed by atoms with Crippen LogP contribution in [0.15, 0.2) is 0 Å². The quantitative estimate of drug-likeness (QED) is 0.411. The molecule has 0 unspecified atom stereocenters. The third kappa shape index (κ3) is 2.97. The number of fused-ring (bicyclic) bond motifs is 7. The summed E-state index contributed by atoms with van der Waals surface area (Å²) in [4.78, 5) is 12.7. The maximum Gasteiger partial charge on any atom is 0.126 e. The van der Waals surface area contributed by atoms with E-state index in [0.29, 0.717) is 45.3 Å². The van der Waals surface area contributed by atoms with Gasteiger partial charge in [-0.15, -0.1) is 0 Å². The molecule has 5 aliphatic carbocycles. The molecule has 2 nitrogen and oxygen atoms in total. The van der Waals surface area contributed by atoms with Crippen molar-refractivity contribution >= 4 is 6.29 Å². The number of hydrogen-bond donors (Lipinski definition) is 1. The van der Waals surface area contributed by atoms with Gasteiger partial charge in [-0.3, -0.25) is 0 Å².